The van der Waals surface area contributed by atoms with Crippen LogP contribution in [0.4, 0.5) is 10.5 Å². The van der Waals surface area contributed by atoms with Crippen molar-refractivity contribution in [1.82, 2.24) is 0 Å². The number of ether oxygens (including phenoxy) is 2. The van der Waals surface area contributed by atoms with E-state index in [1.54, 1.807) is 0 Å². The Labute approximate surface area is 195 Å². The average Bonchev–Trinajstić information content (AvgIpc) is 2.61. The van der Waals surface area contributed by atoms with Crippen LogP contribution in [0.1, 0.15) is 41.5 Å². The molecule has 0 amide bonds. The van der Waals surface area contributed by atoms with Gasteiger partial charge in [-0.3, -0.25) is 10.1 Å². The van der Waals surface area contributed by atoms with E-state index < -0.39 is 47.5 Å². The highest BCUT2D eigenvalue weighted by Gasteiger charge is 2.46. The largest absolute Gasteiger partial charge is 0.514 e. The Morgan fingerprint density at radius 2 is 1.28 bits per heavy atom. The highest BCUT2D eigenvalue weighted by Crippen LogP contribution is 2.36. The zero-order valence-corrected chi connectivity index (χ0v) is 23.3. The Bertz CT molecular complexity index is 727. The standard InChI is InChI=1S/C22H39NO7Si2/c1-21(2,3)18(29-31(7)8)17(19(22(4,5)6)30-32(9)10)28-20(24)27-16-13-11-15(12-14-16)23(25)26/h11-14,17-19,31-32H,1-10H3. The van der Waals surface area contributed by atoms with Crippen molar-refractivity contribution in [3.8, 4) is 5.75 Å². The first-order chi connectivity index (χ1) is 14.5. The molecule has 1 aromatic rings. The van der Waals surface area contributed by atoms with Gasteiger partial charge in [0.25, 0.3) is 5.69 Å². The van der Waals surface area contributed by atoms with Crippen LogP contribution in [0.5, 0.6) is 5.75 Å². The number of benzene rings is 1. The van der Waals surface area contributed by atoms with Gasteiger partial charge >= 0.3 is 6.16 Å². The molecule has 0 N–H and O–H groups in total. The van der Waals surface area contributed by atoms with Gasteiger partial charge in [0.1, 0.15) is 5.75 Å². The van der Waals surface area contributed by atoms with Gasteiger partial charge in [-0.05, 0) is 49.2 Å². The fourth-order valence-electron chi connectivity index (χ4n) is 3.28. The first-order valence-corrected chi connectivity index (χ1v) is 16.5. The quantitative estimate of drug-likeness (QED) is 0.154. The molecule has 0 saturated carbocycles. The second-order valence-corrected chi connectivity index (χ2v) is 15.4. The Morgan fingerprint density at radius 1 is 0.875 bits per heavy atom. The highest BCUT2D eigenvalue weighted by molar-refractivity contribution is 6.48. The van der Waals surface area contributed by atoms with Gasteiger partial charge in [0.2, 0.25) is 0 Å². The molecule has 0 aromatic heterocycles. The number of nitro benzene ring substituents is 1. The van der Waals surface area contributed by atoms with E-state index in [0.29, 0.717) is 0 Å². The first kappa shape index (κ1) is 28.3. The van der Waals surface area contributed by atoms with E-state index >= 15 is 0 Å². The summed E-state index contributed by atoms with van der Waals surface area (Å²) in [6.07, 6.45) is -2.37. The minimum absolute atomic E-state index is 0.0882. The second kappa shape index (κ2) is 11.4. The molecule has 0 aliphatic heterocycles. The van der Waals surface area contributed by atoms with Gasteiger partial charge in [-0.1, -0.05) is 41.5 Å². The third kappa shape index (κ3) is 9.01. The summed E-state index contributed by atoms with van der Waals surface area (Å²) in [5.74, 6) is 0.164. The van der Waals surface area contributed by atoms with Crippen molar-refractivity contribution in [3.05, 3.63) is 34.4 Å². The van der Waals surface area contributed by atoms with Crippen molar-refractivity contribution in [2.24, 2.45) is 10.8 Å². The fourth-order valence-corrected chi connectivity index (χ4v) is 5.58. The molecule has 0 spiro atoms. The van der Waals surface area contributed by atoms with E-state index in [9.17, 15) is 14.9 Å². The maximum Gasteiger partial charge on any atom is 0.514 e. The molecule has 182 valence electrons. The van der Waals surface area contributed by atoms with Crippen LogP contribution in [0.2, 0.25) is 26.2 Å². The van der Waals surface area contributed by atoms with E-state index in [-0.39, 0.29) is 22.3 Å². The number of nitrogens with zero attached hydrogens (tertiary/aromatic N) is 1. The molecule has 0 fully saturated rings. The van der Waals surface area contributed by atoms with Crippen molar-refractivity contribution < 1.29 is 28.0 Å². The van der Waals surface area contributed by atoms with E-state index in [4.69, 9.17) is 18.3 Å². The topological polar surface area (TPSA) is 97.1 Å². The molecule has 1 rings (SSSR count). The molecule has 0 aliphatic carbocycles. The SMILES string of the molecule is C[SiH](C)OC(C(OC(=O)Oc1ccc([N+](=O)[O-])cc1)C(O[SiH](C)C)C(C)(C)C)C(C)(C)C. The summed E-state index contributed by atoms with van der Waals surface area (Å²) in [4.78, 5) is 23.1. The molecular formula is C22H39NO7Si2. The van der Waals surface area contributed by atoms with Crippen LogP contribution in [-0.2, 0) is 13.6 Å². The van der Waals surface area contributed by atoms with Crippen molar-refractivity contribution in [2.45, 2.75) is 86.0 Å². The molecule has 0 radical (unpaired) electrons. The van der Waals surface area contributed by atoms with Crippen LogP contribution in [0.3, 0.4) is 0 Å². The predicted octanol–water partition coefficient (Wildman–Crippen LogP) is 5.31. The maximum absolute atomic E-state index is 12.8. The van der Waals surface area contributed by atoms with Crippen molar-refractivity contribution in [3.63, 3.8) is 0 Å². The predicted molar refractivity (Wildman–Crippen MR) is 130 cm³/mol. The molecule has 1 aromatic carbocycles. The average molecular weight is 486 g/mol. The minimum atomic E-state index is -1.48. The summed E-state index contributed by atoms with van der Waals surface area (Å²) in [6.45, 7) is 20.6. The van der Waals surface area contributed by atoms with Gasteiger partial charge in [-0.15, -0.1) is 0 Å². The minimum Gasteiger partial charge on any atom is -0.425 e. The van der Waals surface area contributed by atoms with Crippen LogP contribution in [0, 0.1) is 20.9 Å². The molecule has 0 bridgehead atoms. The first-order valence-electron chi connectivity index (χ1n) is 11.0. The van der Waals surface area contributed by atoms with Crippen LogP contribution in [0.25, 0.3) is 0 Å². The number of nitro groups is 1. The van der Waals surface area contributed by atoms with Crippen LogP contribution < -0.4 is 4.74 Å². The summed E-state index contributed by atoms with van der Waals surface area (Å²) in [5.41, 5.74) is -0.725. The number of hydrogen-bond acceptors (Lipinski definition) is 7. The molecule has 0 saturated heterocycles. The van der Waals surface area contributed by atoms with Crippen LogP contribution in [-0.4, -0.2) is 47.5 Å². The van der Waals surface area contributed by atoms with Crippen LogP contribution in [0.15, 0.2) is 24.3 Å². The highest BCUT2D eigenvalue weighted by atomic mass is 28.3. The number of carbonyl (C=O) groups is 1. The fraction of sp³-hybridized carbons (Fsp3) is 0.682. The summed E-state index contributed by atoms with van der Waals surface area (Å²) in [6, 6.07) is 5.28. The third-order valence-corrected chi connectivity index (χ3v) is 6.30. The molecule has 10 heteroatoms. The summed E-state index contributed by atoms with van der Waals surface area (Å²) in [5, 5.41) is 10.8. The summed E-state index contributed by atoms with van der Waals surface area (Å²) >= 11 is 0. The lowest BCUT2D eigenvalue weighted by Gasteiger charge is -2.45. The monoisotopic (exact) mass is 485 g/mol. The molecular weight excluding hydrogens is 446 g/mol. The maximum atomic E-state index is 12.8. The smallest absolute Gasteiger partial charge is 0.425 e. The molecule has 8 nitrogen and oxygen atoms in total. The van der Waals surface area contributed by atoms with E-state index in [2.05, 4.69) is 67.7 Å². The zero-order valence-electron chi connectivity index (χ0n) is 21.0. The third-order valence-electron chi connectivity index (χ3n) is 4.62. The number of rotatable bonds is 9. The number of hydrogen-bond donors (Lipinski definition) is 0. The van der Waals surface area contributed by atoms with Gasteiger partial charge in [-0.2, -0.15) is 0 Å². The van der Waals surface area contributed by atoms with Gasteiger partial charge in [0, 0.05) is 12.1 Å². The molecule has 0 heterocycles. The van der Waals surface area contributed by atoms with E-state index in [1.807, 2.05) is 0 Å². The second-order valence-electron chi connectivity index (χ2n) is 10.6. The number of non-ortho nitro benzene ring substituents is 1. The van der Waals surface area contributed by atoms with Gasteiger partial charge in [0.05, 0.1) is 17.1 Å². The van der Waals surface area contributed by atoms with Crippen molar-refractivity contribution in [1.29, 1.82) is 0 Å². The van der Waals surface area contributed by atoms with E-state index in [1.165, 1.54) is 24.3 Å². The lowest BCUT2D eigenvalue weighted by atomic mass is 9.77. The lowest BCUT2D eigenvalue weighted by Crippen LogP contribution is -2.56. The van der Waals surface area contributed by atoms with E-state index in [0.717, 1.165) is 0 Å². The molecule has 0 aliphatic rings. The normalized spacial score (nSPS) is 15.4. The molecule has 32 heavy (non-hydrogen) atoms. The number of carbonyl (C=O) groups excluding carboxylic acids is 1. The van der Waals surface area contributed by atoms with Gasteiger partial charge in [-0.25, -0.2) is 4.79 Å². The molecule has 2 atom stereocenters. The zero-order chi connectivity index (χ0) is 24.9. The van der Waals surface area contributed by atoms with Crippen LogP contribution >= 0.6 is 0 Å². The van der Waals surface area contributed by atoms with Crippen molar-refractivity contribution >= 4 is 29.9 Å². The Hall–Kier alpha value is -1.76. The van der Waals surface area contributed by atoms with Gasteiger partial charge < -0.3 is 18.3 Å². The van der Waals surface area contributed by atoms with Crippen molar-refractivity contribution in [2.75, 3.05) is 0 Å². The Morgan fingerprint density at radius 3 is 1.59 bits per heavy atom. The molecule has 2 unspecified atom stereocenters. The summed E-state index contributed by atoms with van der Waals surface area (Å²) in [7, 11) is -2.97. The Balaban J connectivity index is 3.27. The lowest BCUT2D eigenvalue weighted by molar-refractivity contribution is -0.384. The summed E-state index contributed by atoms with van der Waals surface area (Å²) < 4.78 is 24.0. The van der Waals surface area contributed by atoms with Gasteiger partial charge in [0.15, 0.2) is 24.2 Å². The Kier molecular flexibility index (Phi) is 10.1.